The highest BCUT2D eigenvalue weighted by molar-refractivity contribution is 5.85. The Balaban J connectivity index is 0.00000225. The zero-order valence-corrected chi connectivity index (χ0v) is 9.48. The van der Waals surface area contributed by atoms with Crippen molar-refractivity contribution in [2.75, 3.05) is 0 Å². The molecule has 3 N–H and O–H groups in total. The van der Waals surface area contributed by atoms with Crippen LogP contribution in [0.4, 0.5) is 8.78 Å². The Morgan fingerprint density at radius 2 is 2.06 bits per heavy atom. The van der Waals surface area contributed by atoms with Crippen molar-refractivity contribution in [2.45, 2.75) is 19.5 Å². The van der Waals surface area contributed by atoms with Crippen molar-refractivity contribution < 1.29 is 13.6 Å². The highest BCUT2D eigenvalue weighted by Crippen LogP contribution is 2.08. The van der Waals surface area contributed by atoms with Crippen molar-refractivity contribution in [1.29, 1.82) is 0 Å². The molecule has 1 atom stereocenters. The molecule has 0 unspecified atom stereocenters. The molecule has 0 radical (unpaired) electrons. The Morgan fingerprint density at radius 1 is 1.44 bits per heavy atom. The maximum atomic E-state index is 12.7. The molecule has 0 bridgehead atoms. The summed E-state index contributed by atoms with van der Waals surface area (Å²) in [6.07, 6.45) is 0. The number of hydrogen-bond donors (Lipinski definition) is 2. The number of hydrogen-bond acceptors (Lipinski definition) is 2. The molecule has 0 fully saturated rings. The summed E-state index contributed by atoms with van der Waals surface area (Å²) in [4.78, 5) is 11.1. The van der Waals surface area contributed by atoms with Crippen LogP contribution in [0.15, 0.2) is 18.2 Å². The predicted octanol–water partition coefficient (Wildman–Crippen LogP) is 1.35. The lowest BCUT2D eigenvalue weighted by atomic mass is 10.2. The summed E-state index contributed by atoms with van der Waals surface area (Å²) < 4.78 is 25.3. The number of carbonyl (C=O) groups excluding carboxylic acids is 1. The van der Waals surface area contributed by atoms with Crippen molar-refractivity contribution in [3.8, 4) is 0 Å². The number of benzene rings is 1. The Hall–Kier alpha value is -1.20. The zero-order valence-electron chi connectivity index (χ0n) is 8.67. The van der Waals surface area contributed by atoms with Crippen LogP contribution in [-0.4, -0.2) is 11.9 Å². The fourth-order valence-electron chi connectivity index (χ4n) is 1.000. The van der Waals surface area contributed by atoms with E-state index >= 15 is 0 Å². The van der Waals surface area contributed by atoms with Gasteiger partial charge in [0.25, 0.3) is 0 Å². The van der Waals surface area contributed by atoms with Gasteiger partial charge in [0.1, 0.15) is 0 Å². The van der Waals surface area contributed by atoms with Crippen LogP contribution in [-0.2, 0) is 11.3 Å². The van der Waals surface area contributed by atoms with Crippen molar-refractivity contribution in [1.82, 2.24) is 5.32 Å². The summed E-state index contributed by atoms with van der Waals surface area (Å²) in [5.74, 6) is -2.17. The molecule has 0 aliphatic heterocycles. The molecular weight excluding hydrogens is 238 g/mol. The minimum Gasteiger partial charge on any atom is -0.351 e. The third-order valence-electron chi connectivity index (χ3n) is 1.86. The van der Waals surface area contributed by atoms with Gasteiger partial charge < -0.3 is 11.1 Å². The van der Waals surface area contributed by atoms with Crippen LogP contribution >= 0.6 is 12.4 Å². The molecule has 90 valence electrons. The molecule has 0 saturated heterocycles. The first-order valence-electron chi connectivity index (χ1n) is 4.48. The molecule has 0 aliphatic rings. The largest absolute Gasteiger partial charge is 0.351 e. The molecule has 6 heteroatoms. The molecule has 0 spiro atoms. The highest BCUT2D eigenvalue weighted by atomic mass is 35.5. The lowest BCUT2D eigenvalue weighted by Crippen LogP contribution is -2.37. The zero-order chi connectivity index (χ0) is 11.4. The summed E-state index contributed by atoms with van der Waals surface area (Å²) >= 11 is 0. The third kappa shape index (κ3) is 4.12. The molecule has 1 aromatic carbocycles. The van der Waals surface area contributed by atoms with E-state index in [0.29, 0.717) is 5.56 Å². The normalized spacial score (nSPS) is 11.5. The van der Waals surface area contributed by atoms with Crippen molar-refractivity contribution in [3.63, 3.8) is 0 Å². The van der Waals surface area contributed by atoms with Crippen LogP contribution in [0, 0.1) is 11.6 Å². The predicted molar refractivity (Wildman–Crippen MR) is 59.1 cm³/mol. The van der Waals surface area contributed by atoms with Gasteiger partial charge in [0, 0.05) is 6.54 Å². The number of nitrogens with one attached hydrogen (secondary N) is 1. The second kappa shape index (κ2) is 6.40. The number of halogens is 3. The lowest BCUT2D eigenvalue weighted by Gasteiger charge is -2.07. The molecule has 0 saturated carbocycles. The van der Waals surface area contributed by atoms with Gasteiger partial charge in [0.2, 0.25) is 5.91 Å². The van der Waals surface area contributed by atoms with Crippen LogP contribution in [0.2, 0.25) is 0 Å². The maximum Gasteiger partial charge on any atom is 0.236 e. The fourth-order valence-corrected chi connectivity index (χ4v) is 1.000. The summed E-state index contributed by atoms with van der Waals surface area (Å²) in [5, 5.41) is 2.49. The number of rotatable bonds is 3. The van der Waals surface area contributed by atoms with E-state index in [9.17, 15) is 13.6 Å². The molecule has 0 aliphatic carbocycles. The number of nitrogens with two attached hydrogens (primary N) is 1. The molecule has 0 aromatic heterocycles. The summed E-state index contributed by atoms with van der Waals surface area (Å²) in [6, 6.07) is 2.84. The molecule has 1 aromatic rings. The Kier molecular flexibility index (Phi) is 5.92. The minimum atomic E-state index is -0.928. The van der Waals surface area contributed by atoms with Crippen LogP contribution in [0.5, 0.6) is 0 Å². The summed E-state index contributed by atoms with van der Waals surface area (Å²) in [6.45, 7) is 1.68. The van der Waals surface area contributed by atoms with E-state index in [1.165, 1.54) is 6.07 Å². The van der Waals surface area contributed by atoms with E-state index in [-0.39, 0.29) is 24.9 Å². The van der Waals surface area contributed by atoms with E-state index in [4.69, 9.17) is 5.73 Å². The van der Waals surface area contributed by atoms with Crippen LogP contribution in [0.25, 0.3) is 0 Å². The van der Waals surface area contributed by atoms with Crippen LogP contribution < -0.4 is 11.1 Å². The first-order valence-corrected chi connectivity index (χ1v) is 4.48. The van der Waals surface area contributed by atoms with Gasteiger partial charge in [-0.1, -0.05) is 6.07 Å². The molecule has 0 heterocycles. The quantitative estimate of drug-likeness (QED) is 0.851. The molecule has 1 rings (SSSR count). The average Bonchev–Trinajstić information content (AvgIpc) is 2.19. The molecular formula is C10H13ClF2N2O. The van der Waals surface area contributed by atoms with Gasteiger partial charge in [0.15, 0.2) is 11.6 Å². The first kappa shape index (κ1) is 14.8. The van der Waals surface area contributed by atoms with Gasteiger partial charge in [-0.3, -0.25) is 4.79 Å². The number of carbonyl (C=O) groups is 1. The monoisotopic (exact) mass is 250 g/mol. The van der Waals surface area contributed by atoms with E-state index in [1.807, 2.05) is 0 Å². The van der Waals surface area contributed by atoms with E-state index in [1.54, 1.807) is 6.92 Å². The minimum absolute atomic E-state index is 0. The summed E-state index contributed by atoms with van der Waals surface area (Å²) in [7, 11) is 0. The second-order valence-corrected chi connectivity index (χ2v) is 3.25. The fraction of sp³-hybridized carbons (Fsp3) is 0.300. The van der Waals surface area contributed by atoms with E-state index < -0.39 is 17.7 Å². The lowest BCUT2D eigenvalue weighted by molar-refractivity contribution is -0.122. The van der Waals surface area contributed by atoms with E-state index in [2.05, 4.69) is 5.32 Å². The first-order chi connectivity index (χ1) is 7.00. The van der Waals surface area contributed by atoms with Crippen molar-refractivity contribution in [3.05, 3.63) is 35.4 Å². The Morgan fingerprint density at radius 3 is 2.56 bits per heavy atom. The third-order valence-corrected chi connectivity index (χ3v) is 1.86. The van der Waals surface area contributed by atoms with Gasteiger partial charge in [0.05, 0.1) is 6.04 Å². The van der Waals surface area contributed by atoms with Gasteiger partial charge in [-0.25, -0.2) is 8.78 Å². The molecule has 1 amide bonds. The van der Waals surface area contributed by atoms with Gasteiger partial charge in [-0.05, 0) is 24.6 Å². The van der Waals surface area contributed by atoms with Crippen molar-refractivity contribution in [2.24, 2.45) is 5.73 Å². The molecule has 16 heavy (non-hydrogen) atoms. The van der Waals surface area contributed by atoms with Gasteiger partial charge in [-0.2, -0.15) is 0 Å². The van der Waals surface area contributed by atoms with Crippen molar-refractivity contribution >= 4 is 18.3 Å². The smallest absolute Gasteiger partial charge is 0.236 e. The van der Waals surface area contributed by atoms with Crippen LogP contribution in [0.1, 0.15) is 12.5 Å². The Bertz CT molecular complexity index is 372. The second-order valence-electron chi connectivity index (χ2n) is 3.25. The van der Waals surface area contributed by atoms with Crippen LogP contribution in [0.3, 0.4) is 0 Å². The SMILES string of the molecule is C[C@@H](N)C(=O)NCc1ccc(F)c(F)c1.Cl. The Labute approximate surface area is 98.4 Å². The topological polar surface area (TPSA) is 55.1 Å². The molecule has 3 nitrogen and oxygen atoms in total. The van der Waals surface area contributed by atoms with Gasteiger partial charge in [-0.15, -0.1) is 12.4 Å². The standard InChI is InChI=1S/C10H12F2N2O.ClH/c1-6(13)10(15)14-5-7-2-3-8(11)9(12)4-7;/h2-4,6H,5,13H2,1H3,(H,14,15);1H/t6-;/m1./s1. The number of amides is 1. The van der Waals surface area contributed by atoms with E-state index in [0.717, 1.165) is 12.1 Å². The summed E-state index contributed by atoms with van der Waals surface area (Å²) in [5.41, 5.74) is 5.80. The maximum absolute atomic E-state index is 12.7. The average molecular weight is 251 g/mol. The highest BCUT2D eigenvalue weighted by Gasteiger charge is 2.07. The van der Waals surface area contributed by atoms with Gasteiger partial charge >= 0.3 is 0 Å².